The average molecular weight is 483 g/mol. The molecule has 5 nitrogen and oxygen atoms in total. The molecule has 13 heteroatoms. The number of carbonyl (C=O) groups is 2. The van der Waals surface area contributed by atoms with Gasteiger partial charge in [-0.2, -0.15) is 8.78 Å². The second kappa shape index (κ2) is 8.19. The Morgan fingerprint density at radius 1 is 1.00 bits per heavy atom. The molecule has 1 unspecified atom stereocenters. The van der Waals surface area contributed by atoms with Crippen LogP contribution in [0.2, 0.25) is 0 Å². The first-order chi connectivity index (χ1) is 15.2. The molecule has 0 saturated carbocycles. The van der Waals surface area contributed by atoms with Crippen LogP contribution in [0.5, 0.6) is 5.75 Å². The van der Waals surface area contributed by atoms with Crippen molar-refractivity contribution in [3.05, 3.63) is 47.0 Å². The van der Waals surface area contributed by atoms with E-state index in [9.17, 15) is 49.8 Å². The quantitative estimate of drug-likeness (QED) is 0.369. The lowest BCUT2D eigenvalue weighted by atomic mass is 9.98. The minimum Gasteiger partial charge on any atom is -0.480 e. The monoisotopic (exact) mass is 483 g/mol. The van der Waals surface area contributed by atoms with Crippen molar-refractivity contribution >= 4 is 17.6 Å². The van der Waals surface area contributed by atoms with Crippen LogP contribution in [0, 0.1) is 40.8 Å². The summed E-state index contributed by atoms with van der Waals surface area (Å²) in [5, 5.41) is 9.51. The highest BCUT2D eigenvalue weighted by Gasteiger charge is 2.54. The molecule has 1 amide bonds. The maximum atomic E-state index is 14.6. The Balaban J connectivity index is 2.34. The number of rotatable bonds is 5. The number of benzene rings is 2. The molecule has 0 aromatic heterocycles. The van der Waals surface area contributed by atoms with E-state index in [1.807, 2.05) is 0 Å². The lowest BCUT2D eigenvalue weighted by Crippen LogP contribution is -2.57. The molecule has 0 fully saturated rings. The van der Waals surface area contributed by atoms with Crippen molar-refractivity contribution in [2.75, 3.05) is 4.90 Å². The summed E-state index contributed by atoms with van der Waals surface area (Å²) >= 11 is 0. The van der Waals surface area contributed by atoms with Gasteiger partial charge in [-0.3, -0.25) is 9.69 Å². The maximum Gasteiger partial charge on any atom is 0.483 e. The predicted molar refractivity (Wildman–Crippen MR) is 95.6 cm³/mol. The minimum absolute atomic E-state index is 0.0379. The van der Waals surface area contributed by atoms with Gasteiger partial charge in [0, 0.05) is 11.6 Å². The van der Waals surface area contributed by atoms with Crippen molar-refractivity contribution in [2.45, 2.75) is 32.4 Å². The van der Waals surface area contributed by atoms with Crippen molar-refractivity contribution < 1.29 is 54.6 Å². The third-order valence-electron chi connectivity index (χ3n) is 4.78. The normalized spacial score (nSPS) is 16.0. The Kier molecular flexibility index (Phi) is 6.03. The van der Waals surface area contributed by atoms with Crippen molar-refractivity contribution in [3.63, 3.8) is 0 Å². The van der Waals surface area contributed by atoms with Gasteiger partial charge in [-0.15, -0.1) is 0 Å². The van der Waals surface area contributed by atoms with E-state index < -0.39 is 87.4 Å². The standard InChI is InChI=1S/C20H13F8NO4/c1-6(2)3-10(18(30)31)29-9-4-7(8(21)5-11(9)33-20(27,28)19(29)32)12-13(22)15(24)17(26)16(25)14(12)23/h4-6,10H,3H2,1-2H3,(H,30,31). The largest absolute Gasteiger partial charge is 0.483 e. The number of carboxylic acids is 1. The van der Waals surface area contributed by atoms with E-state index in [4.69, 9.17) is 0 Å². The highest BCUT2D eigenvalue weighted by Crippen LogP contribution is 2.45. The highest BCUT2D eigenvalue weighted by molar-refractivity contribution is 6.05. The number of hydrogen-bond donors (Lipinski definition) is 1. The van der Waals surface area contributed by atoms with Gasteiger partial charge in [0.25, 0.3) is 0 Å². The first-order valence-corrected chi connectivity index (χ1v) is 9.17. The molecule has 1 heterocycles. The Bertz CT molecular complexity index is 1140. The highest BCUT2D eigenvalue weighted by atomic mass is 19.3. The van der Waals surface area contributed by atoms with Crippen molar-refractivity contribution in [1.82, 2.24) is 0 Å². The molecular formula is C20H13F8NO4. The number of carboxylic acid groups (broad SMARTS) is 1. The van der Waals surface area contributed by atoms with Gasteiger partial charge in [-0.05, 0) is 18.4 Å². The van der Waals surface area contributed by atoms with E-state index in [1.165, 1.54) is 13.8 Å². The summed E-state index contributed by atoms with van der Waals surface area (Å²) < 4.78 is 116. The zero-order valence-corrected chi connectivity index (χ0v) is 16.7. The summed E-state index contributed by atoms with van der Waals surface area (Å²) in [5.41, 5.74) is -3.91. The fourth-order valence-corrected chi connectivity index (χ4v) is 3.35. The lowest BCUT2D eigenvalue weighted by molar-refractivity contribution is -0.194. The van der Waals surface area contributed by atoms with Crippen LogP contribution in [0.4, 0.5) is 40.8 Å². The number of halogens is 8. The van der Waals surface area contributed by atoms with Gasteiger partial charge in [0.1, 0.15) is 11.9 Å². The summed E-state index contributed by atoms with van der Waals surface area (Å²) in [6.07, 6.45) is -5.01. The molecule has 33 heavy (non-hydrogen) atoms. The molecule has 1 aliphatic rings. The number of nitrogens with zero attached hydrogens (tertiary/aromatic N) is 1. The van der Waals surface area contributed by atoms with Gasteiger partial charge in [-0.25, -0.2) is 31.1 Å². The molecule has 1 atom stereocenters. The molecule has 0 aliphatic carbocycles. The fourth-order valence-electron chi connectivity index (χ4n) is 3.35. The number of ether oxygens (including phenoxy) is 1. The molecular weight excluding hydrogens is 470 g/mol. The van der Waals surface area contributed by atoms with E-state index in [0.717, 1.165) is 0 Å². The Hall–Kier alpha value is -3.38. The van der Waals surface area contributed by atoms with E-state index in [-0.39, 0.29) is 17.4 Å². The summed E-state index contributed by atoms with van der Waals surface area (Å²) in [7, 11) is 0. The topological polar surface area (TPSA) is 66.8 Å². The number of fused-ring (bicyclic) bond motifs is 1. The number of hydrogen-bond acceptors (Lipinski definition) is 3. The van der Waals surface area contributed by atoms with Crippen LogP contribution in [0.3, 0.4) is 0 Å². The number of alkyl halides is 2. The number of carbonyl (C=O) groups excluding carboxylic acids is 1. The smallest absolute Gasteiger partial charge is 0.480 e. The number of anilines is 1. The Morgan fingerprint density at radius 3 is 2.00 bits per heavy atom. The molecule has 2 aromatic rings. The minimum atomic E-state index is -4.63. The first kappa shape index (κ1) is 24.3. The molecule has 0 saturated heterocycles. The van der Waals surface area contributed by atoms with Gasteiger partial charge < -0.3 is 9.84 Å². The van der Waals surface area contributed by atoms with Crippen LogP contribution < -0.4 is 9.64 Å². The third kappa shape index (κ3) is 3.95. The molecule has 0 spiro atoms. The van der Waals surface area contributed by atoms with Gasteiger partial charge in [0.2, 0.25) is 5.82 Å². The van der Waals surface area contributed by atoms with Crippen LogP contribution in [-0.4, -0.2) is 29.1 Å². The summed E-state index contributed by atoms with van der Waals surface area (Å²) in [6.45, 7) is 3.01. The van der Waals surface area contributed by atoms with E-state index >= 15 is 0 Å². The van der Waals surface area contributed by atoms with Crippen molar-refractivity contribution in [3.8, 4) is 16.9 Å². The van der Waals surface area contributed by atoms with Crippen molar-refractivity contribution in [1.29, 1.82) is 0 Å². The van der Waals surface area contributed by atoms with Gasteiger partial charge in [-0.1, -0.05) is 13.8 Å². The average Bonchev–Trinajstić information content (AvgIpc) is 2.71. The van der Waals surface area contributed by atoms with Gasteiger partial charge in [0.15, 0.2) is 29.0 Å². The van der Waals surface area contributed by atoms with E-state index in [2.05, 4.69) is 4.74 Å². The number of amides is 1. The second-order valence-corrected chi connectivity index (χ2v) is 7.52. The third-order valence-corrected chi connectivity index (χ3v) is 4.78. The lowest BCUT2D eigenvalue weighted by Gasteiger charge is -2.37. The van der Waals surface area contributed by atoms with Crippen LogP contribution in [0.1, 0.15) is 20.3 Å². The number of aliphatic carboxylic acids is 1. The molecule has 1 N–H and O–H groups in total. The maximum absolute atomic E-state index is 14.6. The zero-order chi connectivity index (χ0) is 25.0. The molecule has 0 radical (unpaired) electrons. The van der Waals surface area contributed by atoms with Crippen LogP contribution in [0.25, 0.3) is 11.1 Å². The molecule has 3 rings (SSSR count). The summed E-state index contributed by atoms with van der Waals surface area (Å²) in [4.78, 5) is 24.1. The van der Waals surface area contributed by atoms with E-state index in [0.29, 0.717) is 6.07 Å². The molecule has 178 valence electrons. The Labute approximate surface area is 180 Å². The summed E-state index contributed by atoms with van der Waals surface area (Å²) in [6, 6.07) is -1.52. The molecule has 1 aliphatic heterocycles. The van der Waals surface area contributed by atoms with Gasteiger partial charge in [0.05, 0.1) is 11.3 Å². The second-order valence-electron chi connectivity index (χ2n) is 7.52. The van der Waals surface area contributed by atoms with Crippen LogP contribution in [-0.2, 0) is 9.59 Å². The molecule has 2 aromatic carbocycles. The van der Waals surface area contributed by atoms with Crippen molar-refractivity contribution in [2.24, 2.45) is 5.92 Å². The summed E-state index contributed by atoms with van der Waals surface area (Å²) in [5.74, 6) is -19.4. The van der Waals surface area contributed by atoms with Crippen LogP contribution in [0.15, 0.2) is 12.1 Å². The predicted octanol–water partition coefficient (Wildman–Crippen LogP) is 5.01. The molecule has 0 bridgehead atoms. The van der Waals surface area contributed by atoms with Gasteiger partial charge >= 0.3 is 18.0 Å². The van der Waals surface area contributed by atoms with E-state index in [1.54, 1.807) is 0 Å². The fraction of sp³-hybridized carbons (Fsp3) is 0.300. The Morgan fingerprint density at radius 2 is 1.52 bits per heavy atom. The van der Waals surface area contributed by atoms with Crippen LogP contribution >= 0.6 is 0 Å². The first-order valence-electron chi connectivity index (χ1n) is 9.17. The SMILES string of the molecule is CC(C)CC(C(=O)O)N1C(=O)C(F)(F)Oc2cc(F)c(-c3c(F)c(F)c(F)c(F)c3F)cc21. The zero-order valence-electron chi connectivity index (χ0n) is 16.7.